The zero-order valence-electron chi connectivity index (χ0n) is 14.4. The van der Waals surface area contributed by atoms with E-state index in [4.69, 9.17) is 16.3 Å². The molecule has 25 heavy (non-hydrogen) atoms. The lowest BCUT2D eigenvalue weighted by molar-refractivity contribution is -0.0655. The van der Waals surface area contributed by atoms with Gasteiger partial charge in [0, 0.05) is 11.6 Å². The largest absolute Gasteiger partial charge is 0.370 e. The maximum atomic E-state index is 13.1. The van der Waals surface area contributed by atoms with Crippen molar-refractivity contribution >= 4 is 21.6 Å². The minimum atomic E-state index is -3.54. The summed E-state index contributed by atoms with van der Waals surface area (Å²) in [6.07, 6.45) is -0.268. The Kier molecular flexibility index (Phi) is 5.21. The Morgan fingerprint density at radius 1 is 1.12 bits per heavy atom. The molecule has 6 heteroatoms. The first-order valence-corrected chi connectivity index (χ1v) is 10.2. The highest BCUT2D eigenvalue weighted by atomic mass is 35.5. The normalized spacial score (nSPS) is 21.2. The number of benzene rings is 2. The zero-order valence-corrected chi connectivity index (χ0v) is 15.9. The molecule has 0 radical (unpaired) electrons. The lowest BCUT2D eigenvalue weighted by atomic mass is 10.0. The van der Waals surface area contributed by atoms with Crippen molar-refractivity contribution in [3.8, 4) is 0 Å². The van der Waals surface area contributed by atoms with E-state index in [1.54, 1.807) is 28.6 Å². The van der Waals surface area contributed by atoms with Gasteiger partial charge < -0.3 is 4.74 Å². The molecule has 0 spiro atoms. The molecule has 1 unspecified atom stereocenters. The average Bonchev–Trinajstić information content (AvgIpc) is 2.57. The molecular weight excluding hydrogens is 358 g/mol. The number of halogens is 1. The van der Waals surface area contributed by atoms with Gasteiger partial charge in [0.15, 0.2) is 0 Å². The molecule has 0 bridgehead atoms. The molecule has 3 rings (SSSR count). The Morgan fingerprint density at radius 2 is 1.76 bits per heavy atom. The van der Waals surface area contributed by atoms with Gasteiger partial charge in [0.1, 0.15) is 0 Å². The van der Waals surface area contributed by atoms with Crippen LogP contribution in [0, 0.1) is 0 Å². The van der Waals surface area contributed by atoms with Crippen LogP contribution in [0.4, 0.5) is 0 Å². The summed E-state index contributed by atoms with van der Waals surface area (Å²) >= 11 is 6.16. The molecule has 1 aliphatic heterocycles. The number of ether oxygens (including phenoxy) is 1. The van der Waals surface area contributed by atoms with Gasteiger partial charge in [-0.3, -0.25) is 0 Å². The SMILES string of the molecule is CC1(C)COC(c2ccccc2)CN1S(=O)(=O)Cc1ccccc1Cl. The van der Waals surface area contributed by atoms with E-state index in [0.717, 1.165) is 5.56 Å². The molecular formula is C19H22ClNO3S. The number of nitrogens with zero attached hydrogens (tertiary/aromatic N) is 1. The quantitative estimate of drug-likeness (QED) is 0.805. The minimum absolute atomic E-state index is 0.113. The third kappa shape index (κ3) is 4.06. The molecule has 0 amide bonds. The second-order valence-electron chi connectivity index (χ2n) is 6.90. The first kappa shape index (κ1) is 18.4. The molecule has 1 fully saturated rings. The van der Waals surface area contributed by atoms with E-state index in [9.17, 15) is 8.42 Å². The van der Waals surface area contributed by atoms with Gasteiger partial charge in [-0.25, -0.2) is 8.42 Å². The fraction of sp³-hybridized carbons (Fsp3) is 0.368. The molecule has 2 aromatic carbocycles. The van der Waals surface area contributed by atoms with Crippen molar-refractivity contribution in [1.29, 1.82) is 0 Å². The zero-order chi connectivity index (χ0) is 18.1. The van der Waals surface area contributed by atoms with Gasteiger partial charge in [0.05, 0.1) is 24.0 Å². The number of hydrogen-bond donors (Lipinski definition) is 0. The van der Waals surface area contributed by atoms with Crippen LogP contribution in [0.25, 0.3) is 0 Å². The van der Waals surface area contributed by atoms with E-state index in [-0.39, 0.29) is 11.9 Å². The van der Waals surface area contributed by atoms with Crippen LogP contribution in [0.15, 0.2) is 54.6 Å². The molecule has 1 heterocycles. The van der Waals surface area contributed by atoms with Crippen LogP contribution in [0.2, 0.25) is 5.02 Å². The smallest absolute Gasteiger partial charge is 0.219 e. The number of morpholine rings is 1. The highest BCUT2D eigenvalue weighted by molar-refractivity contribution is 7.88. The molecule has 1 saturated heterocycles. The van der Waals surface area contributed by atoms with Crippen molar-refractivity contribution in [3.05, 3.63) is 70.7 Å². The monoisotopic (exact) mass is 379 g/mol. The van der Waals surface area contributed by atoms with Gasteiger partial charge in [-0.15, -0.1) is 0 Å². The van der Waals surface area contributed by atoms with Crippen LogP contribution in [0.1, 0.15) is 31.1 Å². The van der Waals surface area contributed by atoms with Crippen molar-refractivity contribution in [2.24, 2.45) is 0 Å². The number of sulfonamides is 1. The predicted octanol–water partition coefficient (Wildman–Crippen LogP) is 4.02. The summed E-state index contributed by atoms with van der Waals surface area (Å²) in [5.41, 5.74) is 0.990. The Morgan fingerprint density at radius 3 is 2.44 bits per heavy atom. The molecule has 0 N–H and O–H groups in total. The number of hydrogen-bond acceptors (Lipinski definition) is 3. The van der Waals surface area contributed by atoms with Crippen LogP contribution in [-0.4, -0.2) is 31.4 Å². The van der Waals surface area contributed by atoms with Crippen LogP contribution < -0.4 is 0 Å². The highest BCUT2D eigenvalue weighted by Gasteiger charge is 2.42. The van der Waals surface area contributed by atoms with E-state index in [2.05, 4.69) is 0 Å². The fourth-order valence-corrected chi connectivity index (χ4v) is 5.33. The predicted molar refractivity (Wildman–Crippen MR) is 100.0 cm³/mol. The van der Waals surface area contributed by atoms with E-state index < -0.39 is 15.6 Å². The maximum Gasteiger partial charge on any atom is 0.219 e. The summed E-state index contributed by atoms with van der Waals surface area (Å²) in [7, 11) is -3.54. The van der Waals surface area contributed by atoms with Crippen LogP contribution in [0.5, 0.6) is 0 Å². The molecule has 2 aromatic rings. The van der Waals surface area contributed by atoms with Crippen molar-refractivity contribution in [2.75, 3.05) is 13.2 Å². The second kappa shape index (κ2) is 7.08. The first-order valence-electron chi connectivity index (χ1n) is 8.20. The lowest BCUT2D eigenvalue weighted by Crippen LogP contribution is -2.56. The second-order valence-corrected chi connectivity index (χ2v) is 9.20. The third-order valence-corrected chi connectivity index (χ3v) is 6.81. The molecule has 0 aliphatic carbocycles. The summed E-state index contributed by atoms with van der Waals surface area (Å²) in [4.78, 5) is 0. The maximum absolute atomic E-state index is 13.1. The van der Waals surface area contributed by atoms with Crippen molar-refractivity contribution in [2.45, 2.75) is 31.2 Å². The standard InChI is InChI=1S/C19H22ClNO3S/c1-19(2)14-24-18(15-8-4-3-5-9-15)12-21(19)25(22,23)13-16-10-6-7-11-17(16)20/h3-11,18H,12-14H2,1-2H3. The van der Waals surface area contributed by atoms with Gasteiger partial charge in [-0.1, -0.05) is 60.1 Å². The van der Waals surface area contributed by atoms with Crippen molar-refractivity contribution in [3.63, 3.8) is 0 Å². The Labute approximate surface area is 154 Å². The minimum Gasteiger partial charge on any atom is -0.370 e. The Balaban J connectivity index is 1.88. The van der Waals surface area contributed by atoms with E-state index in [0.29, 0.717) is 23.7 Å². The average molecular weight is 380 g/mol. The van der Waals surface area contributed by atoms with E-state index >= 15 is 0 Å². The van der Waals surface area contributed by atoms with E-state index in [1.807, 2.05) is 44.2 Å². The number of rotatable bonds is 4. The third-order valence-electron chi connectivity index (χ3n) is 4.45. The van der Waals surface area contributed by atoms with Gasteiger partial charge in [0.25, 0.3) is 0 Å². The molecule has 4 nitrogen and oxygen atoms in total. The molecule has 0 aromatic heterocycles. The summed E-state index contributed by atoms with van der Waals surface area (Å²) < 4.78 is 33.7. The van der Waals surface area contributed by atoms with Crippen molar-refractivity contribution in [1.82, 2.24) is 4.31 Å². The fourth-order valence-electron chi connectivity index (χ4n) is 3.08. The summed E-state index contributed by atoms with van der Waals surface area (Å²) in [6, 6.07) is 16.8. The van der Waals surface area contributed by atoms with Crippen LogP contribution in [0.3, 0.4) is 0 Å². The van der Waals surface area contributed by atoms with Crippen LogP contribution in [-0.2, 0) is 20.5 Å². The molecule has 1 atom stereocenters. The molecule has 0 saturated carbocycles. The van der Waals surface area contributed by atoms with Gasteiger partial charge in [-0.2, -0.15) is 4.31 Å². The first-order chi connectivity index (χ1) is 11.8. The van der Waals surface area contributed by atoms with Gasteiger partial charge in [0.2, 0.25) is 10.0 Å². The Hall–Kier alpha value is -1.40. The summed E-state index contributed by atoms with van der Waals surface area (Å²) in [6.45, 7) is 4.41. The molecule has 1 aliphatic rings. The highest BCUT2D eigenvalue weighted by Crippen LogP contribution is 2.34. The lowest BCUT2D eigenvalue weighted by Gasteiger charge is -2.44. The van der Waals surface area contributed by atoms with Crippen molar-refractivity contribution < 1.29 is 13.2 Å². The Bertz CT molecular complexity index is 837. The van der Waals surface area contributed by atoms with Gasteiger partial charge in [-0.05, 0) is 31.0 Å². The topological polar surface area (TPSA) is 46.6 Å². The van der Waals surface area contributed by atoms with Crippen LogP contribution >= 0.6 is 11.6 Å². The summed E-state index contributed by atoms with van der Waals surface area (Å²) in [5, 5.41) is 0.469. The summed E-state index contributed by atoms with van der Waals surface area (Å²) in [5.74, 6) is -0.113. The van der Waals surface area contributed by atoms with Gasteiger partial charge >= 0.3 is 0 Å². The van der Waals surface area contributed by atoms with E-state index in [1.165, 1.54) is 0 Å². The molecule has 134 valence electrons.